The topological polar surface area (TPSA) is 30.5 Å². The van der Waals surface area contributed by atoms with E-state index in [1.165, 1.54) is 23.3 Å². The Morgan fingerprint density at radius 2 is 1.85 bits per heavy atom. The molecule has 0 spiro atoms. The number of benzene rings is 1. The van der Waals surface area contributed by atoms with E-state index < -0.39 is 0 Å². The van der Waals surface area contributed by atoms with E-state index in [9.17, 15) is 0 Å². The molecule has 0 saturated heterocycles. The summed E-state index contributed by atoms with van der Waals surface area (Å²) >= 11 is 3.76. The Balaban J connectivity index is 1.68. The molecule has 1 saturated carbocycles. The van der Waals surface area contributed by atoms with Crippen molar-refractivity contribution in [3.05, 3.63) is 17.7 Å². The first-order chi connectivity index (χ1) is 9.76. The fourth-order valence-electron chi connectivity index (χ4n) is 2.46. The highest BCUT2D eigenvalue weighted by Gasteiger charge is 2.41. The number of hydrogen-bond acceptors (Lipinski definition) is 5. The molecule has 1 fully saturated rings. The quantitative estimate of drug-likeness (QED) is 0.816. The van der Waals surface area contributed by atoms with Crippen LogP contribution >= 0.6 is 23.5 Å². The predicted octanol–water partition coefficient (Wildman–Crippen LogP) is 3.16. The molecule has 0 bridgehead atoms. The summed E-state index contributed by atoms with van der Waals surface area (Å²) in [4.78, 5) is 1.27. The van der Waals surface area contributed by atoms with Gasteiger partial charge in [0, 0.05) is 22.7 Å². The Bertz CT molecular complexity index is 489. The van der Waals surface area contributed by atoms with E-state index in [0.717, 1.165) is 24.6 Å². The molecular weight excluding hydrogens is 290 g/mol. The van der Waals surface area contributed by atoms with Gasteiger partial charge in [0.25, 0.3) is 0 Å². The molecular formula is C15H21NO2S2. The molecule has 3 rings (SSSR count). The van der Waals surface area contributed by atoms with Crippen LogP contribution in [-0.2, 0) is 6.54 Å². The van der Waals surface area contributed by atoms with Gasteiger partial charge in [-0.1, -0.05) is 0 Å². The summed E-state index contributed by atoms with van der Waals surface area (Å²) < 4.78 is 11.8. The lowest BCUT2D eigenvalue weighted by Crippen LogP contribution is -2.25. The van der Waals surface area contributed by atoms with Crippen LogP contribution in [0.25, 0.3) is 0 Å². The lowest BCUT2D eigenvalue weighted by molar-refractivity contribution is 0.171. The van der Waals surface area contributed by atoms with Crippen molar-refractivity contribution >= 4 is 23.5 Å². The van der Waals surface area contributed by atoms with Crippen LogP contribution in [0.3, 0.4) is 0 Å². The lowest BCUT2D eigenvalue weighted by atomic mass is 10.2. The molecule has 3 nitrogen and oxygen atoms in total. The first-order valence-corrected chi connectivity index (χ1v) is 9.44. The average Bonchev–Trinajstić information content (AvgIpc) is 3.27. The Labute approximate surface area is 129 Å². The van der Waals surface area contributed by atoms with Crippen molar-refractivity contribution in [2.45, 2.75) is 29.0 Å². The van der Waals surface area contributed by atoms with Crippen LogP contribution in [0.15, 0.2) is 17.0 Å². The molecule has 0 amide bonds. The van der Waals surface area contributed by atoms with Gasteiger partial charge in [0.15, 0.2) is 11.5 Å². The molecule has 5 heteroatoms. The smallest absolute Gasteiger partial charge is 0.162 e. The van der Waals surface area contributed by atoms with Crippen molar-refractivity contribution in [1.29, 1.82) is 0 Å². The molecule has 20 heavy (non-hydrogen) atoms. The molecule has 1 aliphatic carbocycles. The van der Waals surface area contributed by atoms with Crippen molar-refractivity contribution in [1.82, 2.24) is 5.32 Å². The molecule has 1 aromatic rings. The van der Waals surface area contributed by atoms with Crippen LogP contribution in [0, 0.1) is 0 Å². The van der Waals surface area contributed by atoms with Crippen molar-refractivity contribution < 1.29 is 9.47 Å². The predicted molar refractivity (Wildman–Crippen MR) is 86.4 cm³/mol. The Hall–Kier alpha value is -0.520. The van der Waals surface area contributed by atoms with Gasteiger partial charge < -0.3 is 14.8 Å². The van der Waals surface area contributed by atoms with E-state index in [2.05, 4.69) is 30.0 Å². The highest BCUT2D eigenvalue weighted by molar-refractivity contribution is 8.00. The van der Waals surface area contributed by atoms with E-state index in [1.807, 2.05) is 11.8 Å². The minimum absolute atomic E-state index is 0.507. The summed E-state index contributed by atoms with van der Waals surface area (Å²) in [7, 11) is 0. The van der Waals surface area contributed by atoms with Gasteiger partial charge in [-0.2, -0.15) is 11.8 Å². The van der Waals surface area contributed by atoms with Gasteiger partial charge in [-0.3, -0.25) is 0 Å². The molecule has 0 radical (unpaired) electrons. The molecule has 0 aromatic heterocycles. The van der Waals surface area contributed by atoms with Gasteiger partial charge in [-0.05, 0) is 43.0 Å². The summed E-state index contributed by atoms with van der Waals surface area (Å²) in [6.07, 6.45) is 7.01. The maximum atomic E-state index is 5.68. The molecule has 1 heterocycles. The van der Waals surface area contributed by atoms with Crippen LogP contribution in [0.4, 0.5) is 0 Å². The van der Waals surface area contributed by atoms with Gasteiger partial charge in [-0.15, -0.1) is 11.8 Å². The molecule has 1 N–H and O–H groups in total. The van der Waals surface area contributed by atoms with Crippen LogP contribution in [0.2, 0.25) is 0 Å². The zero-order valence-electron chi connectivity index (χ0n) is 12.0. The minimum Gasteiger partial charge on any atom is -0.486 e. The van der Waals surface area contributed by atoms with Gasteiger partial charge in [0.05, 0.1) is 0 Å². The zero-order valence-corrected chi connectivity index (χ0v) is 13.7. The van der Waals surface area contributed by atoms with Crippen LogP contribution in [0.1, 0.15) is 18.4 Å². The monoisotopic (exact) mass is 311 g/mol. The first-order valence-electron chi connectivity index (χ1n) is 6.99. The molecule has 0 atom stereocenters. The summed E-state index contributed by atoms with van der Waals surface area (Å²) in [6.45, 7) is 3.29. The summed E-state index contributed by atoms with van der Waals surface area (Å²) in [5.41, 5.74) is 1.30. The molecule has 0 unspecified atom stereocenters. The van der Waals surface area contributed by atoms with E-state index >= 15 is 0 Å². The number of fused-ring (bicyclic) bond motifs is 1. The Morgan fingerprint density at radius 1 is 1.15 bits per heavy atom. The second-order valence-electron chi connectivity index (χ2n) is 5.30. The van der Waals surface area contributed by atoms with Crippen molar-refractivity contribution in [2.24, 2.45) is 0 Å². The summed E-state index contributed by atoms with van der Waals surface area (Å²) in [6, 6.07) is 4.24. The standard InChI is InChI=1S/C15H21NO2S2/c1-19-14-8-13-12(17-5-6-18-13)7-11(14)9-16-10-15(20-2)3-4-15/h7-8,16H,3-6,9-10H2,1-2H3. The molecule has 1 aliphatic heterocycles. The van der Waals surface area contributed by atoms with E-state index in [0.29, 0.717) is 18.0 Å². The highest BCUT2D eigenvalue weighted by atomic mass is 32.2. The van der Waals surface area contributed by atoms with Crippen molar-refractivity contribution in [3.8, 4) is 11.5 Å². The van der Waals surface area contributed by atoms with E-state index in [-0.39, 0.29) is 0 Å². The number of hydrogen-bond donors (Lipinski definition) is 1. The second-order valence-corrected chi connectivity index (χ2v) is 7.42. The largest absolute Gasteiger partial charge is 0.486 e. The van der Waals surface area contributed by atoms with E-state index in [1.54, 1.807) is 11.8 Å². The summed E-state index contributed by atoms with van der Waals surface area (Å²) in [5.74, 6) is 1.77. The van der Waals surface area contributed by atoms with Crippen LogP contribution in [-0.4, -0.2) is 37.0 Å². The second kappa shape index (κ2) is 6.08. The third kappa shape index (κ3) is 3.05. The molecule has 110 valence electrons. The minimum atomic E-state index is 0.507. The summed E-state index contributed by atoms with van der Waals surface area (Å²) in [5, 5.41) is 3.61. The number of nitrogens with one attached hydrogen (secondary N) is 1. The molecule has 2 aliphatic rings. The van der Waals surface area contributed by atoms with Gasteiger partial charge in [0.2, 0.25) is 0 Å². The fraction of sp³-hybridized carbons (Fsp3) is 0.600. The SMILES string of the molecule is CSc1cc2c(cc1CNCC1(SC)CC1)OCCO2. The average molecular weight is 311 g/mol. The highest BCUT2D eigenvalue weighted by Crippen LogP contribution is 2.46. The fourth-order valence-corrected chi connectivity index (χ4v) is 3.83. The van der Waals surface area contributed by atoms with Crippen molar-refractivity contribution in [2.75, 3.05) is 32.3 Å². The van der Waals surface area contributed by atoms with Gasteiger partial charge >= 0.3 is 0 Å². The lowest BCUT2D eigenvalue weighted by Gasteiger charge is -2.21. The maximum Gasteiger partial charge on any atom is 0.162 e. The van der Waals surface area contributed by atoms with Crippen molar-refractivity contribution in [3.63, 3.8) is 0 Å². The van der Waals surface area contributed by atoms with Crippen LogP contribution < -0.4 is 14.8 Å². The maximum absolute atomic E-state index is 5.68. The van der Waals surface area contributed by atoms with Gasteiger partial charge in [-0.25, -0.2) is 0 Å². The number of thioether (sulfide) groups is 2. The Kier molecular flexibility index (Phi) is 4.38. The van der Waals surface area contributed by atoms with Gasteiger partial charge in [0.1, 0.15) is 13.2 Å². The van der Waals surface area contributed by atoms with Crippen LogP contribution in [0.5, 0.6) is 11.5 Å². The third-order valence-corrected chi connectivity index (χ3v) is 6.19. The van der Waals surface area contributed by atoms with E-state index in [4.69, 9.17) is 9.47 Å². The Morgan fingerprint density at radius 3 is 2.45 bits per heavy atom. The number of ether oxygens (including phenoxy) is 2. The first kappa shape index (κ1) is 14.4. The number of rotatable bonds is 6. The third-order valence-electron chi connectivity index (χ3n) is 3.95. The molecule has 1 aromatic carbocycles. The normalized spacial score (nSPS) is 18.9. The zero-order chi connectivity index (χ0) is 14.0.